The number of carbonyl (C=O) groups is 1. The molecule has 0 bridgehead atoms. The Labute approximate surface area is 191 Å². The normalized spacial score (nSPS) is 17.6. The van der Waals surface area contributed by atoms with Gasteiger partial charge in [-0.15, -0.1) is 24.0 Å². The number of benzene rings is 1. The van der Waals surface area contributed by atoms with Gasteiger partial charge < -0.3 is 20.3 Å². The topological polar surface area (TPSA) is 66.0 Å². The first-order valence-corrected chi connectivity index (χ1v) is 10.5. The number of methoxy groups -OCH3 is 1. The molecule has 29 heavy (non-hydrogen) atoms. The van der Waals surface area contributed by atoms with Gasteiger partial charge in [0.05, 0.1) is 0 Å². The fourth-order valence-corrected chi connectivity index (χ4v) is 4.08. The molecular formula is C22H35IN4O2. The van der Waals surface area contributed by atoms with Crippen LogP contribution < -0.4 is 10.6 Å². The summed E-state index contributed by atoms with van der Waals surface area (Å²) in [7, 11) is 1.76. The highest BCUT2D eigenvalue weighted by molar-refractivity contribution is 14.0. The van der Waals surface area contributed by atoms with Gasteiger partial charge in [-0.3, -0.25) is 4.79 Å². The van der Waals surface area contributed by atoms with E-state index >= 15 is 0 Å². The van der Waals surface area contributed by atoms with Crippen molar-refractivity contribution in [2.24, 2.45) is 10.4 Å². The number of nitrogens with one attached hydrogen (secondary N) is 2. The maximum absolute atomic E-state index is 12.7. The molecule has 2 N–H and O–H groups in total. The van der Waals surface area contributed by atoms with Gasteiger partial charge in [0.1, 0.15) is 6.54 Å². The molecule has 0 atom stereocenters. The predicted molar refractivity (Wildman–Crippen MR) is 128 cm³/mol. The summed E-state index contributed by atoms with van der Waals surface area (Å²) in [4.78, 5) is 19.1. The number of nitrogens with zero attached hydrogens (tertiary/aromatic N) is 2. The average molecular weight is 514 g/mol. The lowest BCUT2D eigenvalue weighted by atomic mass is 9.67. The van der Waals surface area contributed by atoms with Crippen molar-refractivity contribution in [2.75, 3.05) is 39.9 Å². The van der Waals surface area contributed by atoms with Crippen LogP contribution >= 0.6 is 24.0 Å². The minimum atomic E-state index is 0. The second-order valence-electron chi connectivity index (χ2n) is 7.98. The molecule has 0 saturated heterocycles. The van der Waals surface area contributed by atoms with Crippen LogP contribution in [0.4, 0.5) is 0 Å². The molecule has 1 heterocycles. The summed E-state index contributed by atoms with van der Waals surface area (Å²) in [5.74, 6) is 0.821. The molecule has 1 fully saturated rings. The van der Waals surface area contributed by atoms with E-state index in [2.05, 4.69) is 33.8 Å². The first-order valence-electron chi connectivity index (χ1n) is 10.5. The molecule has 162 valence electrons. The van der Waals surface area contributed by atoms with Crippen LogP contribution in [-0.4, -0.2) is 56.7 Å². The first-order chi connectivity index (χ1) is 13.7. The number of aliphatic imine (C=N–C) groups is 1. The van der Waals surface area contributed by atoms with Crippen LogP contribution in [-0.2, 0) is 22.5 Å². The van der Waals surface area contributed by atoms with Crippen molar-refractivity contribution in [3.05, 3.63) is 35.4 Å². The van der Waals surface area contributed by atoms with Crippen molar-refractivity contribution >= 4 is 35.8 Å². The number of fused-ring (bicyclic) bond motifs is 1. The second kappa shape index (κ2) is 11.7. The van der Waals surface area contributed by atoms with Crippen LogP contribution in [0.15, 0.2) is 29.3 Å². The molecule has 1 aliphatic heterocycles. The van der Waals surface area contributed by atoms with Gasteiger partial charge in [-0.25, -0.2) is 4.99 Å². The SMILES string of the molecule is CCNC(=NCC(=O)N1CCc2ccccc2C1)NCC1(CCOC)CCC1.I. The van der Waals surface area contributed by atoms with Gasteiger partial charge >= 0.3 is 0 Å². The van der Waals surface area contributed by atoms with E-state index < -0.39 is 0 Å². The van der Waals surface area contributed by atoms with E-state index in [1.54, 1.807) is 7.11 Å². The van der Waals surface area contributed by atoms with Crippen LogP contribution in [0.5, 0.6) is 0 Å². The van der Waals surface area contributed by atoms with Gasteiger partial charge in [0, 0.05) is 39.9 Å². The summed E-state index contributed by atoms with van der Waals surface area (Å²) >= 11 is 0. The number of hydrogen-bond donors (Lipinski definition) is 2. The Morgan fingerprint density at radius 3 is 2.66 bits per heavy atom. The maximum Gasteiger partial charge on any atom is 0.244 e. The lowest BCUT2D eigenvalue weighted by Crippen LogP contribution is -2.47. The third kappa shape index (κ3) is 6.57. The number of amides is 1. The summed E-state index contributed by atoms with van der Waals surface area (Å²) in [6.45, 7) is 6.15. The molecule has 7 heteroatoms. The van der Waals surface area contributed by atoms with Crippen LogP contribution in [0.25, 0.3) is 0 Å². The molecule has 1 amide bonds. The van der Waals surface area contributed by atoms with Crippen molar-refractivity contribution in [1.29, 1.82) is 0 Å². The summed E-state index contributed by atoms with van der Waals surface area (Å²) in [5, 5.41) is 6.73. The van der Waals surface area contributed by atoms with Gasteiger partial charge in [-0.1, -0.05) is 30.7 Å². The number of rotatable bonds is 8. The highest BCUT2D eigenvalue weighted by Crippen LogP contribution is 2.43. The lowest BCUT2D eigenvalue weighted by Gasteiger charge is -2.42. The van der Waals surface area contributed by atoms with Crippen molar-refractivity contribution in [1.82, 2.24) is 15.5 Å². The second-order valence-corrected chi connectivity index (χ2v) is 7.98. The van der Waals surface area contributed by atoms with Crippen molar-refractivity contribution in [3.8, 4) is 0 Å². The van der Waals surface area contributed by atoms with E-state index in [-0.39, 0.29) is 36.4 Å². The van der Waals surface area contributed by atoms with E-state index in [4.69, 9.17) is 4.74 Å². The molecule has 3 rings (SSSR count). The van der Waals surface area contributed by atoms with Crippen molar-refractivity contribution < 1.29 is 9.53 Å². The highest BCUT2D eigenvalue weighted by Gasteiger charge is 2.36. The fourth-order valence-electron chi connectivity index (χ4n) is 4.08. The van der Waals surface area contributed by atoms with Crippen LogP contribution in [0.1, 0.15) is 43.7 Å². The van der Waals surface area contributed by atoms with Gasteiger partial charge in [0.2, 0.25) is 5.91 Å². The highest BCUT2D eigenvalue weighted by atomic mass is 127. The van der Waals surface area contributed by atoms with Gasteiger partial charge in [-0.05, 0) is 49.1 Å². The van der Waals surface area contributed by atoms with Crippen molar-refractivity contribution in [2.45, 2.75) is 45.6 Å². The Morgan fingerprint density at radius 2 is 2.00 bits per heavy atom. The Balaban J connectivity index is 0.00000300. The quantitative estimate of drug-likeness (QED) is 0.318. The molecule has 0 aromatic heterocycles. The number of ether oxygens (including phenoxy) is 1. The molecule has 1 aromatic carbocycles. The molecule has 1 aliphatic carbocycles. The fraction of sp³-hybridized carbons (Fsp3) is 0.636. The zero-order valence-electron chi connectivity index (χ0n) is 17.7. The zero-order chi connectivity index (χ0) is 19.8. The van der Waals surface area contributed by atoms with E-state index in [9.17, 15) is 4.79 Å². The molecule has 1 saturated carbocycles. The van der Waals surface area contributed by atoms with Gasteiger partial charge in [-0.2, -0.15) is 0 Å². The van der Waals surface area contributed by atoms with E-state index in [1.165, 1.54) is 30.4 Å². The molecule has 1 aromatic rings. The van der Waals surface area contributed by atoms with Gasteiger partial charge in [0.25, 0.3) is 0 Å². The van der Waals surface area contributed by atoms with Crippen LogP contribution in [0.3, 0.4) is 0 Å². The summed E-state index contributed by atoms with van der Waals surface area (Å²) in [6, 6.07) is 8.37. The summed E-state index contributed by atoms with van der Waals surface area (Å²) < 4.78 is 5.27. The van der Waals surface area contributed by atoms with Crippen LogP contribution in [0.2, 0.25) is 0 Å². The monoisotopic (exact) mass is 514 g/mol. The number of carbonyl (C=O) groups excluding carboxylic acids is 1. The molecule has 0 radical (unpaired) electrons. The van der Waals surface area contributed by atoms with Crippen molar-refractivity contribution in [3.63, 3.8) is 0 Å². The van der Waals surface area contributed by atoms with Crippen LogP contribution in [0, 0.1) is 5.41 Å². The Bertz CT molecular complexity index is 691. The Morgan fingerprint density at radius 1 is 1.24 bits per heavy atom. The largest absolute Gasteiger partial charge is 0.385 e. The van der Waals surface area contributed by atoms with E-state index in [0.29, 0.717) is 12.0 Å². The third-order valence-electron chi connectivity index (χ3n) is 6.08. The molecular weight excluding hydrogens is 479 g/mol. The third-order valence-corrected chi connectivity index (χ3v) is 6.08. The Kier molecular flexibility index (Phi) is 9.68. The number of guanidine groups is 1. The molecule has 0 spiro atoms. The maximum atomic E-state index is 12.7. The molecule has 6 nitrogen and oxygen atoms in total. The van der Waals surface area contributed by atoms with E-state index in [0.717, 1.165) is 45.0 Å². The lowest BCUT2D eigenvalue weighted by molar-refractivity contribution is -0.130. The standard InChI is InChI=1S/C22H34N4O2.HI/c1-3-23-21(25-17-22(10-6-11-22)12-14-28-2)24-15-20(27)26-13-9-18-7-4-5-8-19(18)16-26;/h4-5,7-8H,3,6,9-17H2,1-2H3,(H2,23,24,25);1H. The predicted octanol–water partition coefficient (Wildman–Crippen LogP) is 2.95. The summed E-state index contributed by atoms with van der Waals surface area (Å²) in [6.07, 6.45) is 5.74. The smallest absolute Gasteiger partial charge is 0.244 e. The number of halogens is 1. The van der Waals surface area contributed by atoms with Gasteiger partial charge in [0.15, 0.2) is 5.96 Å². The Hall–Kier alpha value is -1.35. The summed E-state index contributed by atoms with van der Waals surface area (Å²) in [5.41, 5.74) is 2.92. The molecule has 0 unspecified atom stereocenters. The zero-order valence-corrected chi connectivity index (χ0v) is 20.0. The minimum Gasteiger partial charge on any atom is -0.385 e. The molecule has 2 aliphatic rings. The van der Waals surface area contributed by atoms with E-state index in [1.807, 2.05) is 17.9 Å². The first kappa shape index (κ1) is 23.9. The minimum absolute atomic E-state index is 0. The number of hydrogen-bond acceptors (Lipinski definition) is 3. The average Bonchev–Trinajstić information content (AvgIpc) is 2.70.